The molecular formula is C13H17NO2S. The van der Waals surface area contributed by atoms with Crippen LogP contribution in [0.5, 0.6) is 0 Å². The Morgan fingerprint density at radius 1 is 1.41 bits per heavy atom. The van der Waals surface area contributed by atoms with Crippen molar-refractivity contribution in [3.63, 3.8) is 0 Å². The highest BCUT2D eigenvalue weighted by molar-refractivity contribution is 7.99. The molecule has 92 valence electrons. The zero-order valence-corrected chi connectivity index (χ0v) is 10.7. The van der Waals surface area contributed by atoms with Crippen molar-refractivity contribution in [3.8, 4) is 0 Å². The molecule has 0 aromatic heterocycles. The molecule has 1 heterocycles. The van der Waals surface area contributed by atoms with Crippen LogP contribution in [0.25, 0.3) is 0 Å². The summed E-state index contributed by atoms with van der Waals surface area (Å²) in [7, 11) is 0. The zero-order chi connectivity index (χ0) is 12.3. The van der Waals surface area contributed by atoms with Gasteiger partial charge in [-0.25, -0.2) is 4.79 Å². The maximum atomic E-state index is 10.9. The number of aryl methyl sites for hydroxylation is 1. The van der Waals surface area contributed by atoms with Gasteiger partial charge < -0.3 is 10.4 Å². The molecule has 2 N–H and O–H groups in total. The van der Waals surface area contributed by atoms with Gasteiger partial charge in [0.25, 0.3) is 0 Å². The van der Waals surface area contributed by atoms with Gasteiger partial charge in [-0.15, -0.1) is 0 Å². The van der Waals surface area contributed by atoms with Crippen LogP contribution >= 0.6 is 11.8 Å². The van der Waals surface area contributed by atoms with E-state index in [0.717, 1.165) is 24.1 Å². The first-order chi connectivity index (χ1) is 8.16. The van der Waals surface area contributed by atoms with Gasteiger partial charge in [-0.1, -0.05) is 6.07 Å². The molecule has 0 spiro atoms. The van der Waals surface area contributed by atoms with E-state index >= 15 is 0 Å². The largest absolute Gasteiger partial charge is 0.478 e. The predicted octanol–water partition coefficient (Wildman–Crippen LogP) is 3.00. The average molecular weight is 251 g/mol. The lowest BCUT2D eigenvalue weighted by Crippen LogP contribution is -2.25. The number of rotatable bonds is 3. The fourth-order valence-electron chi connectivity index (χ4n) is 1.97. The summed E-state index contributed by atoms with van der Waals surface area (Å²) < 4.78 is 0. The maximum Gasteiger partial charge on any atom is 0.335 e. The summed E-state index contributed by atoms with van der Waals surface area (Å²) >= 11 is 1.99. The molecule has 1 aromatic carbocycles. The Hall–Kier alpha value is -1.16. The SMILES string of the molecule is Cc1ccc(C(=O)O)cc1NC1CCSCC1. The van der Waals surface area contributed by atoms with E-state index in [1.54, 1.807) is 12.1 Å². The van der Waals surface area contributed by atoms with E-state index < -0.39 is 5.97 Å². The van der Waals surface area contributed by atoms with Gasteiger partial charge in [0.1, 0.15) is 0 Å². The van der Waals surface area contributed by atoms with Gasteiger partial charge in [0, 0.05) is 11.7 Å². The Balaban J connectivity index is 2.13. The number of hydrogen-bond donors (Lipinski definition) is 2. The fourth-order valence-corrected chi connectivity index (χ4v) is 3.08. The van der Waals surface area contributed by atoms with E-state index in [0.29, 0.717) is 11.6 Å². The van der Waals surface area contributed by atoms with Crippen molar-refractivity contribution in [3.05, 3.63) is 29.3 Å². The van der Waals surface area contributed by atoms with Crippen LogP contribution in [0, 0.1) is 6.92 Å². The molecule has 1 aliphatic rings. The first-order valence-electron chi connectivity index (χ1n) is 5.85. The normalized spacial score (nSPS) is 16.8. The second-order valence-corrected chi connectivity index (χ2v) is 5.59. The van der Waals surface area contributed by atoms with Crippen molar-refractivity contribution >= 4 is 23.4 Å². The van der Waals surface area contributed by atoms with E-state index in [4.69, 9.17) is 5.11 Å². The summed E-state index contributed by atoms with van der Waals surface area (Å²) in [5, 5.41) is 12.4. The molecule has 3 nitrogen and oxygen atoms in total. The fraction of sp³-hybridized carbons (Fsp3) is 0.462. The summed E-state index contributed by atoms with van der Waals surface area (Å²) in [5.41, 5.74) is 2.42. The van der Waals surface area contributed by atoms with Crippen molar-refractivity contribution in [2.75, 3.05) is 16.8 Å². The molecule has 1 aliphatic heterocycles. The van der Waals surface area contributed by atoms with E-state index in [9.17, 15) is 4.79 Å². The summed E-state index contributed by atoms with van der Waals surface area (Å²) in [6.07, 6.45) is 2.31. The molecule has 0 radical (unpaired) electrons. The third kappa shape index (κ3) is 3.16. The highest BCUT2D eigenvalue weighted by atomic mass is 32.2. The Morgan fingerprint density at radius 2 is 2.12 bits per heavy atom. The molecule has 0 saturated carbocycles. The molecule has 1 aromatic rings. The van der Waals surface area contributed by atoms with Crippen LogP contribution in [0.4, 0.5) is 5.69 Å². The van der Waals surface area contributed by atoms with Crippen molar-refractivity contribution in [1.82, 2.24) is 0 Å². The Labute approximate surface area is 106 Å². The molecule has 0 unspecified atom stereocenters. The van der Waals surface area contributed by atoms with Gasteiger partial charge >= 0.3 is 5.97 Å². The molecule has 1 fully saturated rings. The number of carboxylic acids is 1. The third-order valence-corrected chi connectivity index (χ3v) is 4.11. The van der Waals surface area contributed by atoms with E-state index in [1.807, 2.05) is 24.8 Å². The molecule has 0 atom stereocenters. The van der Waals surface area contributed by atoms with Gasteiger partial charge in [0.2, 0.25) is 0 Å². The minimum Gasteiger partial charge on any atom is -0.478 e. The predicted molar refractivity (Wildman–Crippen MR) is 72.1 cm³/mol. The number of carboxylic acid groups (broad SMARTS) is 1. The smallest absolute Gasteiger partial charge is 0.335 e. The molecule has 0 amide bonds. The molecule has 4 heteroatoms. The summed E-state index contributed by atoms with van der Waals surface area (Å²) in [5.74, 6) is 1.51. The lowest BCUT2D eigenvalue weighted by molar-refractivity contribution is 0.0697. The van der Waals surface area contributed by atoms with Crippen LogP contribution in [0.1, 0.15) is 28.8 Å². The molecule has 0 bridgehead atoms. The third-order valence-electron chi connectivity index (χ3n) is 3.07. The molecule has 0 aliphatic carbocycles. The van der Waals surface area contributed by atoms with Crippen LogP contribution in [0.15, 0.2) is 18.2 Å². The quantitative estimate of drug-likeness (QED) is 0.867. The van der Waals surface area contributed by atoms with Crippen molar-refractivity contribution in [1.29, 1.82) is 0 Å². The highest BCUT2D eigenvalue weighted by Gasteiger charge is 2.15. The molecule has 17 heavy (non-hydrogen) atoms. The number of thioether (sulfide) groups is 1. The van der Waals surface area contributed by atoms with Gasteiger partial charge in [-0.2, -0.15) is 11.8 Å². The van der Waals surface area contributed by atoms with Crippen LogP contribution in [-0.4, -0.2) is 28.6 Å². The second kappa shape index (κ2) is 5.45. The maximum absolute atomic E-state index is 10.9. The number of anilines is 1. The Morgan fingerprint density at radius 3 is 2.76 bits per heavy atom. The average Bonchev–Trinajstić information content (AvgIpc) is 2.33. The lowest BCUT2D eigenvalue weighted by atomic mass is 10.1. The number of aromatic carboxylic acids is 1. The highest BCUT2D eigenvalue weighted by Crippen LogP contribution is 2.23. The summed E-state index contributed by atoms with van der Waals surface area (Å²) in [4.78, 5) is 10.9. The van der Waals surface area contributed by atoms with Crippen molar-refractivity contribution < 1.29 is 9.90 Å². The first kappa shape index (κ1) is 12.3. The molecule has 1 saturated heterocycles. The van der Waals surface area contributed by atoms with E-state index in [1.165, 1.54) is 11.5 Å². The molecular weight excluding hydrogens is 234 g/mol. The minimum atomic E-state index is -0.868. The Bertz CT molecular complexity index is 414. The lowest BCUT2D eigenvalue weighted by Gasteiger charge is -2.24. The van der Waals surface area contributed by atoms with Gasteiger partial charge in [0.15, 0.2) is 0 Å². The van der Waals surface area contributed by atoms with Gasteiger partial charge in [0.05, 0.1) is 5.56 Å². The van der Waals surface area contributed by atoms with E-state index in [-0.39, 0.29) is 0 Å². The zero-order valence-electron chi connectivity index (χ0n) is 9.90. The molecule has 2 rings (SSSR count). The first-order valence-corrected chi connectivity index (χ1v) is 7.00. The monoisotopic (exact) mass is 251 g/mol. The second-order valence-electron chi connectivity index (χ2n) is 4.37. The summed E-state index contributed by atoms with van der Waals surface area (Å²) in [6, 6.07) is 5.74. The van der Waals surface area contributed by atoms with Crippen LogP contribution < -0.4 is 5.32 Å². The minimum absolute atomic E-state index is 0.350. The van der Waals surface area contributed by atoms with E-state index in [2.05, 4.69) is 5.32 Å². The van der Waals surface area contributed by atoms with Crippen molar-refractivity contribution in [2.45, 2.75) is 25.8 Å². The van der Waals surface area contributed by atoms with Crippen LogP contribution in [-0.2, 0) is 0 Å². The number of carbonyl (C=O) groups is 1. The Kier molecular flexibility index (Phi) is 3.94. The topological polar surface area (TPSA) is 49.3 Å². The van der Waals surface area contributed by atoms with Crippen molar-refractivity contribution in [2.24, 2.45) is 0 Å². The van der Waals surface area contributed by atoms with Crippen LogP contribution in [0.3, 0.4) is 0 Å². The number of nitrogens with one attached hydrogen (secondary N) is 1. The van der Waals surface area contributed by atoms with Crippen LogP contribution in [0.2, 0.25) is 0 Å². The number of hydrogen-bond acceptors (Lipinski definition) is 3. The standard InChI is InChI=1S/C13H17NO2S/c1-9-2-3-10(13(15)16)8-12(9)14-11-4-6-17-7-5-11/h2-3,8,11,14H,4-7H2,1H3,(H,15,16). The van der Waals surface area contributed by atoms with Gasteiger partial charge in [-0.05, 0) is 49.0 Å². The number of benzene rings is 1. The van der Waals surface area contributed by atoms with Gasteiger partial charge in [-0.3, -0.25) is 0 Å². The summed E-state index contributed by atoms with van der Waals surface area (Å²) in [6.45, 7) is 2.01.